The molecule has 150 valence electrons. The molecule has 2 aliphatic heterocycles. The number of amides is 1. The number of carbonyl (C=O) groups is 3. The number of nitrogens with zero attached hydrogens (tertiary/aromatic N) is 2. The van der Waals surface area contributed by atoms with Gasteiger partial charge >= 0.3 is 11.9 Å². The van der Waals surface area contributed by atoms with Crippen LogP contribution in [0.15, 0.2) is 21.8 Å². The number of carboxylic acids is 1. The van der Waals surface area contributed by atoms with Gasteiger partial charge in [0.25, 0.3) is 5.91 Å². The molecule has 2 aliphatic rings. The number of thioether (sulfide) groups is 1. The number of rotatable bonds is 7. The van der Waals surface area contributed by atoms with Crippen molar-refractivity contribution in [3.8, 4) is 0 Å². The van der Waals surface area contributed by atoms with Crippen LogP contribution < -0.4 is 16.4 Å². The van der Waals surface area contributed by atoms with E-state index in [2.05, 4.69) is 25.6 Å². The molecule has 1 amide bonds. The number of nitrogen functional groups attached to an aromatic ring is 1. The Morgan fingerprint density at radius 3 is 3.04 bits per heavy atom. The zero-order chi connectivity index (χ0) is 20.3. The first-order valence-electron chi connectivity index (χ1n) is 8.08. The largest absolute Gasteiger partial charge is 0.479 e. The van der Waals surface area contributed by atoms with E-state index in [1.165, 1.54) is 17.1 Å². The Morgan fingerprint density at radius 1 is 1.57 bits per heavy atom. The lowest BCUT2D eigenvalue weighted by molar-refractivity contribution is -0.142. The maximum Gasteiger partial charge on any atom is 0.355 e. The van der Waals surface area contributed by atoms with Crippen molar-refractivity contribution in [1.29, 1.82) is 0 Å². The molecule has 1 aromatic rings. The molecule has 0 fully saturated rings. The second-order valence-corrected chi connectivity index (χ2v) is 7.86. The molecule has 11 nitrogen and oxygen atoms in total. The summed E-state index contributed by atoms with van der Waals surface area (Å²) in [5.74, 6) is -1.63. The summed E-state index contributed by atoms with van der Waals surface area (Å²) in [5, 5.41) is 19.5. The number of ether oxygens (including phenoxy) is 1. The van der Waals surface area contributed by atoms with E-state index in [1.807, 2.05) is 6.92 Å². The van der Waals surface area contributed by atoms with Crippen LogP contribution in [-0.2, 0) is 24.0 Å². The molecule has 5 N–H and O–H groups in total. The van der Waals surface area contributed by atoms with E-state index in [-0.39, 0.29) is 34.6 Å². The smallest absolute Gasteiger partial charge is 0.355 e. The molecule has 3 rings (SSSR count). The summed E-state index contributed by atoms with van der Waals surface area (Å²) >= 11 is 2.63. The van der Waals surface area contributed by atoms with Gasteiger partial charge in [0.1, 0.15) is 17.5 Å². The summed E-state index contributed by atoms with van der Waals surface area (Å²) in [4.78, 5) is 43.6. The van der Waals surface area contributed by atoms with Gasteiger partial charge in [0, 0.05) is 23.3 Å². The minimum absolute atomic E-state index is 0.174. The molecule has 0 saturated carbocycles. The number of aliphatic carboxylic acids is 1. The maximum absolute atomic E-state index is 12.5. The highest BCUT2D eigenvalue weighted by Gasteiger charge is 2.36. The van der Waals surface area contributed by atoms with Gasteiger partial charge in [-0.25, -0.2) is 14.6 Å². The van der Waals surface area contributed by atoms with Crippen LogP contribution in [0, 0.1) is 0 Å². The number of carbonyl (C=O) groups excluding carboxylic acids is 2. The third kappa shape index (κ3) is 4.54. The number of carboxylic acid groups (broad SMARTS) is 1. The molecule has 2 atom stereocenters. The van der Waals surface area contributed by atoms with Gasteiger partial charge in [0.05, 0.1) is 5.37 Å². The molecule has 3 heterocycles. The van der Waals surface area contributed by atoms with Crippen molar-refractivity contribution in [2.75, 3.05) is 24.6 Å². The molecule has 0 saturated heterocycles. The third-order valence-electron chi connectivity index (χ3n) is 3.82. The Kier molecular flexibility index (Phi) is 6.04. The Balaban J connectivity index is 1.63. The third-order valence-corrected chi connectivity index (χ3v) is 5.66. The number of nitrogens with two attached hydrogens (primary N) is 1. The van der Waals surface area contributed by atoms with Crippen LogP contribution in [-0.4, -0.2) is 64.0 Å². The number of aromatic nitrogens is 1. The van der Waals surface area contributed by atoms with E-state index in [9.17, 15) is 14.4 Å². The molecular formula is C15H17N5O6S2. The highest BCUT2D eigenvalue weighted by molar-refractivity contribution is 8.00. The summed E-state index contributed by atoms with van der Waals surface area (Å²) in [7, 11) is 0. The Bertz CT molecular complexity index is 867. The zero-order valence-electron chi connectivity index (χ0n) is 14.6. The second kappa shape index (κ2) is 8.48. The first kappa shape index (κ1) is 19.9. The number of nitrogens with one attached hydrogen (secondary N) is 2. The predicted molar refractivity (Wildman–Crippen MR) is 102 cm³/mol. The molecule has 0 spiro atoms. The van der Waals surface area contributed by atoms with Gasteiger partial charge in [-0.3, -0.25) is 4.79 Å². The fourth-order valence-electron chi connectivity index (χ4n) is 2.49. The molecule has 13 heteroatoms. The fraction of sp³-hybridized carbons (Fsp3) is 0.400. The minimum Gasteiger partial charge on any atom is -0.479 e. The quantitative estimate of drug-likeness (QED) is 0.253. The van der Waals surface area contributed by atoms with Gasteiger partial charge < -0.3 is 31.0 Å². The summed E-state index contributed by atoms with van der Waals surface area (Å²) in [6, 6.07) is 0. The molecular weight excluding hydrogens is 410 g/mol. The lowest BCUT2D eigenvalue weighted by Crippen LogP contribution is -2.44. The van der Waals surface area contributed by atoms with Gasteiger partial charge in [-0.1, -0.05) is 5.16 Å². The first-order chi connectivity index (χ1) is 13.3. The van der Waals surface area contributed by atoms with E-state index in [0.29, 0.717) is 11.4 Å². The zero-order valence-corrected chi connectivity index (χ0v) is 16.3. The lowest BCUT2D eigenvalue weighted by atomic mass is 10.1. The molecule has 0 aliphatic carbocycles. The monoisotopic (exact) mass is 427 g/mol. The average molecular weight is 427 g/mol. The van der Waals surface area contributed by atoms with E-state index in [1.54, 1.807) is 0 Å². The molecule has 28 heavy (non-hydrogen) atoms. The van der Waals surface area contributed by atoms with Crippen LogP contribution >= 0.6 is 23.1 Å². The topological polar surface area (TPSA) is 165 Å². The van der Waals surface area contributed by atoms with Gasteiger partial charge in [-0.05, 0) is 6.92 Å². The highest BCUT2D eigenvalue weighted by atomic mass is 32.2. The van der Waals surface area contributed by atoms with Gasteiger partial charge in [0.15, 0.2) is 10.8 Å². The SMILES string of the molecule is C[C@@H]1OC(=O)C2=C1CS[C@@H](CNC(=O)/C(=N\OCC(=O)O)c1csc(N)n1)N2. The summed E-state index contributed by atoms with van der Waals surface area (Å²) in [5.41, 5.74) is 6.91. The Labute approximate surface area is 167 Å². The lowest BCUT2D eigenvalue weighted by Gasteiger charge is -2.24. The number of hydrogen-bond acceptors (Lipinski definition) is 11. The summed E-state index contributed by atoms with van der Waals surface area (Å²) in [6.45, 7) is 1.29. The molecule has 0 aromatic carbocycles. The second-order valence-electron chi connectivity index (χ2n) is 5.78. The molecule has 0 radical (unpaired) electrons. The van der Waals surface area contributed by atoms with E-state index >= 15 is 0 Å². The van der Waals surface area contributed by atoms with Crippen molar-refractivity contribution in [3.05, 3.63) is 22.3 Å². The summed E-state index contributed by atoms with van der Waals surface area (Å²) in [6.07, 6.45) is -0.252. The van der Waals surface area contributed by atoms with E-state index in [0.717, 1.165) is 16.9 Å². The van der Waals surface area contributed by atoms with Crippen molar-refractivity contribution < 1.29 is 29.1 Å². The van der Waals surface area contributed by atoms with Crippen LogP contribution in [0.1, 0.15) is 12.6 Å². The maximum atomic E-state index is 12.5. The van der Waals surface area contributed by atoms with Crippen molar-refractivity contribution in [1.82, 2.24) is 15.6 Å². The van der Waals surface area contributed by atoms with Crippen molar-refractivity contribution in [3.63, 3.8) is 0 Å². The van der Waals surface area contributed by atoms with Crippen LogP contribution in [0.3, 0.4) is 0 Å². The van der Waals surface area contributed by atoms with Gasteiger partial charge in [-0.2, -0.15) is 0 Å². The van der Waals surface area contributed by atoms with Crippen molar-refractivity contribution in [2.24, 2.45) is 5.16 Å². The number of esters is 1. The number of thiazole rings is 1. The molecule has 0 unspecified atom stereocenters. The van der Waals surface area contributed by atoms with Crippen molar-refractivity contribution >= 4 is 51.8 Å². The number of hydrogen-bond donors (Lipinski definition) is 4. The summed E-state index contributed by atoms with van der Waals surface area (Å²) < 4.78 is 5.17. The highest BCUT2D eigenvalue weighted by Crippen LogP contribution is 2.30. The van der Waals surface area contributed by atoms with Gasteiger partial charge in [-0.15, -0.1) is 23.1 Å². The van der Waals surface area contributed by atoms with E-state index in [4.69, 9.17) is 15.6 Å². The normalized spacial score (nSPS) is 21.6. The molecule has 1 aromatic heterocycles. The number of cyclic esters (lactones) is 1. The van der Waals surface area contributed by atoms with Gasteiger partial charge in [0.2, 0.25) is 6.61 Å². The molecule has 0 bridgehead atoms. The standard InChI is InChI=1S/C15H17N5O6S2/c1-6-7-4-27-9(19-11(7)14(24)26-6)2-17-13(23)12(20-25-3-10(21)22)8-5-28-15(16)18-8/h5-6,9,19H,2-4H2,1H3,(H2,16,18)(H,17,23)(H,21,22)/b20-12-/t6-,9-/m0/s1. The Morgan fingerprint density at radius 2 is 2.36 bits per heavy atom. The number of oxime groups is 1. The van der Waals surface area contributed by atoms with Crippen LogP contribution in [0.4, 0.5) is 5.13 Å². The van der Waals surface area contributed by atoms with Crippen LogP contribution in [0.5, 0.6) is 0 Å². The first-order valence-corrected chi connectivity index (χ1v) is 10.0. The number of anilines is 1. The Hall–Kier alpha value is -2.80. The van der Waals surface area contributed by atoms with Crippen molar-refractivity contribution in [2.45, 2.75) is 18.4 Å². The average Bonchev–Trinajstić information content (AvgIpc) is 3.19. The predicted octanol–water partition coefficient (Wildman–Crippen LogP) is -0.491. The van der Waals surface area contributed by atoms with Crippen LogP contribution in [0.25, 0.3) is 0 Å². The minimum atomic E-state index is -1.23. The van der Waals surface area contributed by atoms with Crippen LogP contribution in [0.2, 0.25) is 0 Å². The fourth-order valence-corrected chi connectivity index (χ4v) is 4.20. The van der Waals surface area contributed by atoms with E-state index < -0.39 is 24.5 Å².